The molecular formula is C16H25NO3S. The molecule has 21 heavy (non-hydrogen) atoms. The Labute approximate surface area is 127 Å². The first-order valence-electron chi connectivity index (χ1n) is 7.60. The average Bonchev–Trinajstić information content (AvgIpc) is 2.49. The van der Waals surface area contributed by atoms with E-state index in [1.165, 1.54) is 0 Å². The van der Waals surface area contributed by atoms with Crippen molar-refractivity contribution in [3.8, 4) is 5.75 Å². The van der Waals surface area contributed by atoms with E-state index in [0.717, 1.165) is 25.8 Å². The fourth-order valence-electron chi connectivity index (χ4n) is 3.12. The highest BCUT2D eigenvalue weighted by molar-refractivity contribution is 7.92. The fraction of sp³-hybridized carbons (Fsp3) is 0.625. The monoisotopic (exact) mass is 311 g/mol. The van der Waals surface area contributed by atoms with Crippen LogP contribution in [0.1, 0.15) is 33.1 Å². The Bertz CT molecular complexity index is 571. The molecule has 1 N–H and O–H groups in total. The van der Waals surface area contributed by atoms with Crippen molar-refractivity contribution in [2.45, 2.75) is 49.3 Å². The van der Waals surface area contributed by atoms with Crippen LogP contribution in [-0.2, 0) is 9.84 Å². The lowest BCUT2D eigenvalue weighted by molar-refractivity contribution is 0.311. The summed E-state index contributed by atoms with van der Waals surface area (Å²) in [5, 5.41) is 3.00. The number of methoxy groups -OCH3 is 1. The van der Waals surface area contributed by atoms with Gasteiger partial charge in [0.1, 0.15) is 5.75 Å². The zero-order chi connectivity index (χ0) is 15.5. The molecule has 1 fully saturated rings. The summed E-state index contributed by atoms with van der Waals surface area (Å²) in [5.41, 5.74) is 0. The van der Waals surface area contributed by atoms with E-state index in [0.29, 0.717) is 16.6 Å². The number of nitrogens with one attached hydrogen (secondary N) is 1. The molecule has 0 radical (unpaired) electrons. The van der Waals surface area contributed by atoms with Crippen LogP contribution in [0.25, 0.3) is 0 Å². The molecule has 1 aromatic carbocycles. The summed E-state index contributed by atoms with van der Waals surface area (Å²) in [6.07, 6.45) is 2.72. The van der Waals surface area contributed by atoms with Crippen molar-refractivity contribution in [2.24, 2.45) is 5.92 Å². The van der Waals surface area contributed by atoms with Crippen molar-refractivity contribution in [1.29, 1.82) is 0 Å². The summed E-state index contributed by atoms with van der Waals surface area (Å²) in [7, 11) is -1.79. The van der Waals surface area contributed by atoms with Gasteiger partial charge >= 0.3 is 0 Å². The number of sulfone groups is 1. The minimum Gasteiger partial charge on any atom is -0.497 e. The highest BCUT2D eigenvalue weighted by Gasteiger charge is 2.38. The summed E-state index contributed by atoms with van der Waals surface area (Å²) in [5.74, 6) is 1.03. The van der Waals surface area contributed by atoms with Gasteiger partial charge in [0, 0.05) is 6.04 Å². The van der Waals surface area contributed by atoms with Gasteiger partial charge in [-0.15, -0.1) is 0 Å². The largest absolute Gasteiger partial charge is 0.497 e. The zero-order valence-electron chi connectivity index (χ0n) is 13.0. The first-order valence-corrected chi connectivity index (χ1v) is 9.15. The van der Waals surface area contributed by atoms with Crippen LogP contribution in [0, 0.1) is 5.92 Å². The molecule has 1 aliphatic carbocycles. The molecule has 0 heterocycles. The van der Waals surface area contributed by atoms with Gasteiger partial charge in [0.2, 0.25) is 0 Å². The Morgan fingerprint density at radius 3 is 2.76 bits per heavy atom. The third kappa shape index (κ3) is 3.58. The zero-order valence-corrected chi connectivity index (χ0v) is 13.8. The Hall–Kier alpha value is -1.07. The molecule has 4 nitrogen and oxygen atoms in total. The molecule has 3 unspecified atom stereocenters. The molecule has 0 aliphatic heterocycles. The lowest BCUT2D eigenvalue weighted by Crippen LogP contribution is -2.47. The number of rotatable bonds is 5. The Morgan fingerprint density at radius 2 is 2.10 bits per heavy atom. The molecule has 2 rings (SSSR count). The van der Waals surface area contributed by atoms with Crippen molar-refractivity contribution >= 4 is 9.84 Å². The van der Waals surface area contributed by atoms with E-state index >= 15 is 0 Å². The topological polar surface area (TPSA) is 55.4 Å². The molecule has 0 amide bonds. The van der Waals surface area contributed by atoms with Crippen LogP contribution >= 0.6 is 0 Å². The number of hydrogen-bond acceptors (Lipinski definition) is 4. The van der Waals surface area contributed by atoms with Gasteiger partial charge in [-0.3, -0.25) is 0 Å². The van der Waals surface area contributed by atoms with Gasteiger partial charge in [0.05, 0.1) is 17.3 Å². The number of hydrogen-bond donors (Lipinski definition) is 1. The molecule has 0 saturated heterocycles. The number of benzene rings is 1. The quantitative estimate of drug-likeness (QED) is 0.908. The molecule has 118 valence electrons. The molecule has 0 aromatic heterocycles. The summed E-state index contributed by atoms with van der Waals surface area (Å²) >= 11 is 0. The molecule has 1 aliphatic rings. The molecule has 0 bridgehead atoms. The Balaban J connectivity index is 2.34. The van der Waals surface area contributed by atoms with Gasteiger partial charge < -0.3 is 10.1 Å². The molecule has 5 heteroatoms. The van der Waals surface area contributed by atoms with E-state index < -0.39 is 9.84 Å². The fourth-order valence-corrected chi connectivity index (χ4v) is 5.27. The second-order valence-corrected chi connectivity index (χ2v) is 8.01. The molecule has 1 saturated carbocycles. The van der Waals surface area contributed by atoms with Crippen molar-refractivity contribution in [1.82, 2.24) is 5.32 Å². The van der Waals surface area contributed by atoms with Crippen molar-refractivity contribution in [2.75, 3.05) is 13.7 Å². The van der Waals surface area contributed by atoms with E-state index in [1.807, 2.05) is 6.92 Å². The highest BCUT2D eigenvalue weighted by Crippen LogP contribution is 2.33. The molecular weight excluding hydrogens is 286 g/mol. The van der Waals surface area contributed by atoms with Crippen LogP contribution in [0.2, 0.25) is 0 Å². The van der Waals surface area contributed by atoms with E-state index in [-0.39, 0.29) is 11.3 Å². The summed E-state index contributed by atoms with van der Waals surface area (Å²) in [6, 6.07) is 6.84. The standard InChI is InChI=1S/C16H25NO3S/c1-4-17-15-9-8-12(2)10-16(15)21(18,19)14-7-5-6-13(11-14)20-3/h5-7,11-12,15-17H,4,8-10H2,1-3H3. The molecule has 1 aromatic rings. The maximum Gasteiger partial charge on any atom is 0.182 e. The lowest BCUT2D eigenvalue weighted by atomic mass is 9.87. The average molecular weight is 311 g/mol. The van der Waals surface area contributed by atoms with Crippen LogP contribution in [0.3, 0.4) is 0 Å². The maximum absolute atomic E-state index is 13.0. The van der Waals surface area contributed by atoms with Crippen molar-refractivity contribution in [3.05, 3.63) is 24.3 Å². The third-order valence-corrected chi connectivity index (χ3v) is 6.52. The highest BCUT2D eigenvalue weighted by atomic mass is 32.2. The second kappa shape index (κ2) is 6.79. The van der Waals surface area contributed by atoms with Gasteiger partial charge in [-0.05, 0) is 49.9 Å². The minimum atomic E-state index is -3.34. The first kappa shape index (κ1) is 16.3. The SMILES string of the molecule is CCNC1CCC(C)CC1S(=O)(=O)c1cccc(OC)c1. The molecule has 0 spiro atoms. The Morgan fingerprint density at radius 1 is 1.33 bits per heavy atom. The minimum absolute atomic E-state index is 0.0439. The summed E-state index contributed by atoms with van der Waals surface area (Å²) < 4.78 is 31.1. The summed E-state index contributed by atoms with van der Waals surface area (Å²) in [4.78, 5) is 0.365. The Kier molecular flexibility index (Phi) is 5.27. The summed E-state index contributed by atoms with van der Waals surface area (Å²) in [6.45, 7) is 4.95. The van der Waals surface area contributed by atoms with Gasteiger partial charge in [0.15, 0.2) is 9.84 Å². The van der Waals surface area contributed by atoms with Crippen LogP contribution in [0.4, 0.5) is 0 Å². The molecule has 3 atom stereocenters. The van der Waals surface area contributed by atoms with Gasteiger partial charge in [-0.25, -0.2) is 8.42 Å². The van der Waals surface area contributed by atoms with E-state index in [9.17, 15) is 8.42 Å². The number of ether oxygens (including phenoxy) is 1. The van der Waals surface area contributed by atoms with Crippen molar-refractivity contribution < 1.29 is 13.2 Å². The van der Waals surface area contributed by atoms with Gasteiger partial charge in [0.25, 0.3) is 0 Å². The van der Waals surface area contributed by atoms with Gasteiger partial charge in [-0.1, -0.05) is 19.9 Å². The van der Waals surface area contributed by atoms with Crippen LogP contribution < -0.4 is 10.1 Å². The smallest absolute Gasteiger partial charge is 0.182 e. The predicted molar refractivity (Wildman–Crippen MR) is 84.4 cm³/mol. The van der Waals surface area contributed by atoms with E-state index in [4.69, 9.17) is 4.74 Å². The first-order chi connectivity index (χ1) is 9.98. The predicted octanol–water partition coefficient (Wildman–Crippen LogP) is 2.64. The van der Waals surface area contributed by atoms with E-state index in [2.05, 4.69) is 12.2 Å². The van der Waals surface area contributed by atoms with E-state index in [1.54, 1.807) is 31.4 Å². The van der Waals surface area contributed by atoms with Crippen LogP contribution in [-0.4, -0.2) is 33.4 Å². The van der Waals surface area contributed by atoms with Crippen LogP contribution in [0.15, 0.2) is 29.2 Å². The van der Waals surface area contributed by atoms with Crippen LogP contribution in [0.5, 0.6) is 5.75 Å². The maximum atomic E-state index is 13.0. The van der Waals surface area contributed by atoms with Crippen molar-refractivity contribution in [3.63, 3.8) is 0 Å². The second-order valence-electron chi connectivity index (χ2n) is 5.84. The third-order valence-electron chi connectivity index (χ3n) is 4.29. The normalized spacial score (nSPS) is 26.5. The van der Waals surface area contributed by atoms with Gasteiger partial charge in [-0.2, -0.15) is 0 Å². The lowest BCUT2D eigenvalue weighted by Gasteiger charge is -2.35.